The molecule has 1 saturated carbocycles. The summed E-state index contributed by atoms with van der Waals surface area (Å²) in [6.45, 7) is 3.07. The molecule has 0 N–H and O–H groups in total. The highest BCUT2D eigenvalue weighted by molar-refractivity contribution is 5.65. The van der Waals surface area contributed by atoms with Crippen molar-refractivity contribution in [3.63, 3.8) is 0 Å². The molecule has 2 aliphatic rings. The predicted octanol–water partition coefficient (Wildman–Crippen LogP) is 11.4. The molecule has 0 bridgehead atoms. The fourth-order valence-electron chi connectivity index (χ4n) is 6.75. The van der Waals surface area contributed by atoms with Crippen molar-refractivity contribution in [3.05, 3.63) is 94.8 Å². The van der Waals surface area contributed by atoms with Gasteiger partial charge in [0.1, 0.15) is 17.4 Å². The highest BCUT2D eigenvalue weighted by Gasteiger charge is 2.32. The van der Waals surface area contributed by atoms with Crippen LogP contribution in [0, 0.1) is 40.9 Å². The number of hydrogen-bond acceptors (Lipinski definition) is 2. The molecule has 9 heteroatoms. The van der Waals surface area contributed by atoms with Crippen LogP contribution < -0.4 is 4.74 Å². The quantitative estimate of drug-likeness (QED) is 0.117. The molecule has 3 aromatic carbocycles. The minimum Gasteiger partial charge on any atom is -0.429 e. The molecule has 5 rings (SSSR count). The second-order valence-electron chi connectivity index (χ2n) is 12.6. The molecular weight excluding hydrogens is 609 g/mol. The Bertz CT molecular complexity index is 1480. The minimum atomic E-state index is -3.93. The molecule has 3 aromatic rings. The summed E-state index contributed by atoms with van der Waals surface area (Å²) in [5.74, 6) is -5.69. The van der Waals surface area contributed by atoms with Crippen LogP contribution in [-0.2, 0) is 4.74 Å². The van der Waals surface area contributed by atoms with Crippen LogP contribution >= 0.6 is 0 Å². The SMILES string of the molecule is CCCCCC1CCC(C2CCC(c3ccc(C=CC(F)(F)Oc4ccc(-c5cc(F)c(F)c(F)c5)c(F)c4)c(F)c3)CC2)OC1. The van der Waals surface area contributed by atoms with Crippen molar-refractivity contribution in [2.75, 3.05) is 6.61 Å². The summed E-state index contributed by atoms with van der Waals surface area (Å²) in [5.41, 5.74) is 0.136. The van der Waals surface area contributed by atoms with Gasteiger partial charge in [0.2, 0.25) is 0 Å². The van der Waals surface area contributed by atoms with Gasteiger partial charge in [-0.2, -0.15) is 8.78 Å². The summed E-state index contributed by atoms with van der Waals surface area (Å²) < 4.78 is 110. The van der Waals surface area contributed by atoms with Gasteiger partial charge >= 0.3 is 6.11 Å². The highest BCUT2D eigenvalue weighted by Crippen LogP contribution is 2.41. The molecule has 1 aliphatic carbocycles. The molecule has 1 saturated heterocycles. The van der Waals surface area contributed by atoms with E-state index in [4.69, 9.17) is 4.74 Å². The number of hydrogen-bond donors (Lipinski definition) is 0. The van der Waals surface area contributed by atoms with E-state index in [0.717, 1.165) is 62.5 Å². The summed E-state index contributed by atoms with van der Waals surface area (Å²) in [7, 11) is 0. The molecule has 1 heterocycles. The Morgan fingerprint density at radius 1 is 0.804 bits per heavy atom. The number of ether oxygens (including phenoxy) is 2. The summed E-state index contributed by atoms with van der Waals surface area (Å²) in [5, 5.41) is 0. The molecular formula is C37H39F7O2. The van der Waals surface area contributed by atoms with Gasteiger partial charge in [-0.3, -0.25) is 0 Å². The van der Waals surface area contributed by atoms with Crippen molar-refractivity contribution < 1.29 is 40.2 Å². The number of rotatable bonds is 11. The van der Waals surface area contributed by atoms with E-state index in [2.05, 4.69) is 11.7 Å². The van der Waals surface area contributed by atoms with Crippen LogP contribution in [0.3, 0.4) is 0 Å². The predicted molar refractivity (Wildman–Crippen MR) is 164 cm³/mol. The molecule has 2 fully saturated rings. The van der Waals surface area contributed by atoms with Crippen molar-refractivity contribution in [1.82, 2.24) is 0 Å². The lowest BCUT2D eigenvalue weighted by Gasteiger charge is -2.38. The topological polar surface area (TPSA) is 18.5 Å². The fraction of sp³-hybridized carbons (Fsp3) is 0.459. The van der Waals surface area contributed by atoms with Crippen LogP contribution in [0.4, 0.5) is 30.7 Å². The summed E-state index contributed by atoms with van der Waals surface area (Å²) in [6.07, 6.45) is 8.87. The molecule has 1 aliphatic heterocycles. The van der Waals surface area contributed by atoms with Gasteiger partial charge in [0.25, 0.3) is 0 Å². The number of halogens is 7. The molecule has 0 spiro atoms. The maximum absolute atomic E-state index is 15.0. The molecule has 248 valence electrons. The number of benzene rings is 3. The van der Waals surface area contributed by atoms with E-state index in [-0.39, 0.29) is 22.6 Å². The van der Waals surface area contributed by atoms with Gasteiger partial charge in [-0.05, 0) is 110 Å². The van der Waals surface area contributed by atoms with Crippen LogP contribution in [-0.4, -0.2) is 18.8 Å². The molecule has 2 nitrogen and oxygen atoms in total. The molecule has 2 unspecified atom stereocenters. The Labute approximate surface area is 265 Å². The van der Waals surface area contributed by atoms with Gasteiger partial charge in [0, 0.05) is 29.9 Å². The number of alkyl halides is 2. The third kappa shape index (κ3) is 8.52. The fourth-order valence-corrected chi connectivity index (χ4v) is 6.75. The monoisotopic (exact) mass is 648 g/mol. The molecule has 2 atom stereocenters. The van der Waals surface area contributed by atoms with E-state index in [0.29, 0.717) is 42.2 Å². The molecule has 0 amide bonds. The molecule has 0 radical (unpaired) electrons. The lowest BCUT2D eigenvalue weighted by Crippen LogP contribution is -2.34. The third-order valence-corrected chi connectivity index (χ3v) is 9.36. The van der Waals surface area contributed by atoms with Gasteiger partial charge in [0.05, 0.1) is 6.10 Å². The van der Waals surface area contributed by atoms with Crippen LogP contribution in [0.1, 0.15) is 88.2 Å². The zero-order chi connectivity index (χ0) is 32.8. The summed E-state index contributed by atoms with van der Waals surface area (Å²) >= 11 is 0. The third-order valence-electron chi connectivity index (χ3n) is 9.36. The van der Waals surface area contributed by atoms with E-state index in [1.54, 1.807) is 6.07 Å². The van der Waals surface area contributed by atoms with Crippen molar-refractivity contribution in [1.29, 1.82) is 0 Å². The summed E-state index contributed by atoms with van der Waals surface area (Å²) in [4.78, 5) is 0. The van der Waals surface area contributed by atoms with Gasteiger partial charge in [-0.1, -0.05) is 38.3 Å². The first-order valence-corrected chi connectivity index (χ1v) is 16.1. The standard InChI is InChI=1S/C37H39F7O2/c1-2-3-4-5-23-6-15-35(45-22-23)26-10-7-24(8-11-26)27-12-9-25(31(38)18-27)16-17-37(43,44)46-29-13-14-30(32(39)21-29)28-19-33(40)36(42)34(41)20-28/h9,12-14,16-21,23-24,26,35H,2-8,10-11,15,22H2,1H3. The zero-order valence-corrected chi connectivity index (χ0v) is 25.8. The Hall–Kier alpha value is -3.33. The second-order valence-corrected chi connectivity index (χ2v) is 12.6. The lowest BCUT2D eigenvalue weighted by atomic mass is 9.75. The van der Waals surface area contributed by atoms with Crippen LogP contribution in [0.5, 0.6) is 5.75 Å². The Kier molecular flexibility index (Phi) is 11.1. The van der Waals surface area contributed by atoms with Crippen molar-refractivity contribution >= 4 is 6.08 Å². The Balaban J connectivity index is 1.14. The molecule has 0 aromatic heterocycles. The van der Waals surface area contributed by atoms with Crippen LogP contribution in [0.2, 0.25) is 0 Å². The summed E-state index contributed by atoms with van der Waals surface area (Å²) in [6, 6.07) is 8.39. The van der Waals surface area contributed by atoms with Crippen molar-refractivity contribution in [2.24, 2.45) is 11.8 Å². The molecule has 46 heavy (non-hydrogen) atoms. The van der Waals surface area contributed by atoms with Crippen molar-refractivity contribution in [2.45, 2.75) is 89.3 Å². The second kappa shape index (κ2) is 15.1. The Morgan fingerprint density at radius 3 is 2.17 bits per heavy atom. The van der Waals surface area contributed by atoms with Crippen LogP contribution in [0.15, 0.2) is 54.6 Å². The largest absolute Gasteiger partial charge is 0.429 e. The first-order valence-electron chi connectivity index (χ1n) is 16.1. The van der Waals surface area contributed by atoms with Gasteiger partial charge in [0.15, 0.2) is 17.5 Å². The lowest BCUT2D eigenvalue weighted by molar-refractivity contribution is -0.131. The normalized spacial score (nSPS) is 22.3. The maximum atomic E-state index is 15.0. The highest BCUT2D eigenvalue weighted by atomic mass is 19.3. The Morgan fingerprint density at radius 2 is 1.54 bits per heavy atom. The first-order chi connectivity index (χ1) is 22.0. The average molecular weight is 649 g/mol. The van der Waals surface area contributed by atoms with E-state index in [1.165, 1.54) is 44.2 Å². The minimum absolute atomic E-state index is 0.0494. The van der Waals surface area contributed by atoms with Crippen molar-refractivity contribution in [3.8, 4) is 16.9 Å². The van der Waals surface area contributed by atoms with Gasteiger partial charge in [-0.25, -0.2) is 22.0 Å². The van der Waals surface area contributed by atoms with Crippen LogP contribution in [0.25, 0.3) is 17.2 Å². The smallest absolute Gasteiger partial charge is 0.419 e. The van der Waals surface area contributed by atoms with E-state index < -0.39 is 40.9 Å². The van der Waals surface area contributed by atoms with E-state index in [9.17, 15) is 30.7 Å². The van der Waals surface area contributed by atoms with Gasteiger partial charge < -0.3 is 9.47 Å². The average Bonchev–Trinajstić information content (AvgIpc) is 3.03. The van der Waals surface area contributed by atoms with Gasteiger partial charge in [-0.15, -0.1) is 0 Å². The first kappa shape index (κ1) is 34.0. The van der Waals surface area contributed by atoms with E-state index >= 15 is 0 Å². The zero-order valence-electron chi connectivity index (χ0n) is 25.8. The van der Waals surface area contributed by atoms with E-state index in [1.807, 2.05) is 0 Å². The number of unbranched alkanes of at least 4 members (excludes halogenated alkanes) is 2. The maximum Gasteiger partial charge on any atom is 0.419 e.